The summed E-state index contributed by atoms with van der Waals surface area (Å²) in [6, 6.07) is 23.4. The molecule has 0 aromatic heterocycles. The van der Waals surface area contributed by atoms with Gasteiger partial charge in [0.15, 0.2) is 0 Å². The number of anilines is 1. The van der Waals surface area contributed by atoms with Gasteiger partial charge in [-0.05, 0) is 49.1 Å². The monoisotopic (exact) mass is 569 g/mol. The topological polar surface area (TPSA) is 86.8 Å². The van der Waals surface area contributed by atoms with Crippen LogP contribution in [0, 0.1) is 0 Å². The fourth-order valence-corrected chi connectivity index (χ4v) is 6.03. The summed E-state index contributed by atoms with van der Waals surface area (Å²) in [6.07, 6.45) is 2.66. The molecule has 0 aliphatic carbocycles. The highest BCUT2D eigenvalue weighted by Crippen LogP contribution is 2.30. The Hall–Kier alpha value is -3.36. The van der Waals surface area contributed by atoms with Crippen LogP contribution in [-0.4, -0.2) is 50.8 Å². The van der Waals surface area contributed by atoms with Crippen LogP contribution in [0.5, 0.6) is 0 Å². The Kier molecular flexibility index (Phi) is 11.4. The smallest absolute Gasteiger partial charge is 0.264 e. The second-order valence-corrected chi connectivity index (χ2v) is 11.4. The summed E-state index contributed by atoms with van der Waals surface area (Å²) in [5.74, 6) is -0.731. The minimum atomic E-state index is -4.14. The van der Waals surface area contributed by atoms with Gasteiger partial charge in [-0.15, -0.1) is 0 Å². The maximum atomic E-state index is 14.0. The van der Waals surface area contributed by atoms with Crippen molar-refractivity contribution in [2.45, 2.75) is 50.5 Å². The molecule has 208 valence electrons. The Balaban J connectivity index is 1.98. The summed E-state index contributed by atoms with van der Waals surface area (Å²) in [5, 5.41) is 3.13. The molecule has 0 spiro atoms. The molecule has 0 heterocycles. The van der Waals surface area contributed by atoms with E-state index in [1.54, 1.807) is 42.5 Å². The van der Waals surface area contributed by atoms with Crippen LogP contribution in [0.1, 0.15) is 38.7 Å². The number of halogens is 1. The van der Waals surface area contributed by atoms with Crippen LogP contribution in [0.3, 0.4) is 0 Å². The molecule has 0 saturated carbocycles. The third-order valence-electron chi connectivity index (χ3n) is 6.43. The van der Waals surface area contributed by atoms with Gasteiger partial charge < -0.3 is 10.2 Å². The van der Waals surface area contributed by atoms with Crippen molar-refractivity contribution in [1.82, 2.24) is 10.2 Å². The minimum absolute atomic E-state index is 0.0397. The summed E-state index contributed by atoms with van der Waals surface area (Å²) < 4.78 is 28.6. The molecule has 0 fully saturated rings. The highest BCUT2D eigenvalue weighted by atomic mass is 35.5. The average Bonchev–Trinajstić information content (AvgIpc) is 2.95. The highest BCUT2D eigenvalue weighted by Gasteiger charge is 2.34. The summed E-state index contributed by atoms with van der Waals surface area (Å²) in [4.78, 5) is 28.7. The molecular weight excluding hydrogens is 534 g/mol. The van der Waals surface area contributed by atoms with Crippen molar-refractivity contribution in [1.29, 1.82) is 0 Å². The van der Waals surface area contributed by atoms with Crippen molar-refractivity contribution in [2.24, 2.45) is 0 Å². The van der Waals surface area contributed by atoms with E-state index in [9.17, 15) is 18.0 Å². The second kappa shape index (κ2) is 14.7. The van der Waals surface area contributed by atoms with Gasteiger partial charge in [0.25, 0.3) is 10.0 Å². The third-order valence-corrected chi connectivity index (χ3v) is 8.52. The van der Waals surface area contributed by atoms with Crippen LogP contribution in [0.15, 0.2) is 89.8 Å². The van der Waals surface area contributed by atoms with Crippen LogP contribution in [0.2, 0.25) is 5.02 Å². The first kappa shape index (κ1) is 30.2. The van der Waals surface area contributed by atoms with Gasteiger partial charge in [-0.1, -0.05) is 92.5 Å². The first-order valence-corrected chi connectivity index (χ1v) is 15.0. The van der Waals surface area contributed by atoms with Crippen molar-refractivity contribution >= 4 is 39.1 Å². The lowest BCUT2D eigenvalue weighted by Gasteiger charge is -2.33. The molecular formula is C30H36ClN3O4S. The summed E-state index contributed by atoms with van der Waals surface area (Å²) in [5.41, 5.74) is 1.20. The zero-order chi connectivity index (χ0) is 28.3. The Morgan fingerprint density at radius 2 is 1.51 bits per heavy atom. The largest absolute Gasteiger partial charge is 0.354 e. The van der Waals surface area contributed by atoms with E-state index in [2.05, 4.69) is 5.32 Å². The number of rotatable bonds is 14. The first-order chi connectivity index (χ1) is 18.8. The number of nitrogens with zero attached hydrogens (tertiary/aromatic N) is 2. The molecule has 0 saturated heterocycles. The molecule has 39 heavy (non-hydrogen) atoms. The van der Waals surface area contributed by atoms with Crippen molar-refractivity contribution in [3.8, 4) is 0 Å². The van der Waals surface area contributed by atoms with Crippen LogP contribution in [-0.2, 0) is 26.0 Å². The first-order valence-electron chi connectivity index (χ1n) is 13.2. The van der Waals surface area contributed by atoms with Crippen molar-refractivity contribution in [3.63, 3.8) is 0 Å². The summed E-state index contributed by atoms with van der Waals surface area (Å²) in [7, 11) is -4.14. The number of benzene rings is 3. The standard InChI is InChI=1S/C30H36ClN3O4S/c1-3-5-21-32-30(36)27(4-2)33(22-20-24-14-8-6-9-15-24)29(35)23-34(28-19-13-12-18-26(28)31)39(37,38)25-16-10-7-11-17-25/h6-19,27H,3-5,20-23H2,1-2H3,(H,32,36)/t27-/m0/s1. The van der Waals surface area contributed by atoms with E-state index in [0.717, 1.165) is 22.7 Å². The molecule has 7 nitrogen and oxygen atoms in total. The van der Waals surface area contributed by atoms with Gasteiger partial charge >= 0.3 is 0 Å². The van der Waals surface area contributed by atoms with Crippen molar-refractivity contribution in [3.05, 3.63) is 95.5 Å². The van der Waals surface area contributed by atoms with E-state index in [0.29, 0.717) is 19.4 Å². The molecule has 0 aliphatic heterocycles. The number of nitrogens with one attached hydrogen (secondary N) is 1. The Morgan fingerprint density at radius 3 is 2.13 bits per heavy atom. The molecule has 3 rings (SSSR count). The summed E-state index contributed by atoms with van der Waals surface area (Å²) >= 11 is 6.43. The molecule has 0 unspecified atom stereocenters. The van der Waals surface area contributed by atoms with Gasteiger partial charge in [0.05, 0.1) is 15.6 Å². The number of carbonyl (C=O) groups is 2. The fraction of sp³-hybridized carbons (Fsp3) is 0.333. The number of hydrogen-bond donors (Lipinski definition) is 1. The van der Waals surface area contributed by atoms with Gasteiger partial charge in [-0.3, -0.25) is 13.9 Å². The van der Waals surface area contributed by atoms with E-state index in [4.69, 9.17) is 11.6 Å². The molecule has 0 radical (unpaired) electrons. The van der Waals surface area contributed by atoms with Gasteiger partial charge in [-0.2, -0.15) is 0 Å². The Morgan fingerprint density at radius 1 is 0.897 bits per heavy atom. The maximum Gasteiger partial charge on any atom is 0.264 e. The SMILES string of the molecule is CCCCNC(=O)[C@H](CC)N(CCc1ccccc1)C(=O)CN(c1ccccc1Cl)S(=O)(=O)c1ccccc1. The van der Waals surface area contributed by atoms with E-state index < -0.39 is 28.5 Å². The third kappa shape index (κ3) is 8.07. The lowest BCUT2D eigenvalue weighted by atomic mass is 10.1. The number of sulfonamides is 1. The van der Waals surface area contributed by atoms with Crippen LogP contribution in [0.4, 0.5) is 5.69 Å². The van der Waals surface area contributed by atoms with Gasteiger partial charge in [0.2, 0.25) is 11.8 Å². The lowest BCUT2D eigenvalue weighted by Crippen LogP contribution is -2.53. The van der Waals surface area contributed by atoms with Gasteiger partial charge in [0, 0.05) is 13.1 Å². The van der Waals surface area contributed by atoms with Gasteiger partial charge in [-0.25, -0.2) is 8.42 Å². The molecule has 3 aromatic carbocycles. The molecule has 2 amide bonds. The predicted octanol–water partition coefficient (Wildman–Crippen LogP) is 5.30. The minimum Gasteiger partial charge on any atom is -0.354 e. The van der Waals surface area contributed by atoms with Crippen molar-refractivity contribution in [2.75, 3.05) is 23.9 Å². The number of carbonyl (C=O) groups excluding carboxylic acids is 2. The van der Waals surface area contributed by atoms with E-state index in [1.165, 1.54) is 17.0 Å². The van der Waals surface area contributed by atoms with E-state index in [1.807, 2.05) is 44.2 Å². The zero-order valence-corrected chi connectivity index (χ0v) is 24.0. The maximum absolute atomic E-state index is 14.0. The zero-order valence-electron chi connectivity index (χ0n) is 22.4. The number of amides is 2. The Bertz CT molecular complexity index is 1320. The molecule has 3 aromatic rings. The molecule has 1 N–H and O–H groups in total. The summed E-state index contributed by atoms with van der Waals surface area (Å²) in [6.45, 7) is 4.15. The predicted molar refractivity (Wildman–Crippen MR) is 156 cm³/mol. The van der Waals surface area contributed by atoms with Gasteiger partial charge in [0.1, 0.15) is 12.6 Å². The number of hydrogen-bond acceptors (Lipinski definition) is 4. The molecule has 0 bridgehead atoms. The van der Waals surface area contributed by atoms with Crippen molar-refractivity contribution < 1.29 is 18.0 Å². The number of unbranched alkanes of at least 4 members (excludes halogenated alkanes) is 1. The second-order valence-electron chi connectivity index (χ2n) is 9.17. The van der Waals surface area contributed by atoms with Crippen LogP contribution in [0.25, 0.3) is 0 Å². The average molecular weight is 570 g/mol. The molecule has 1 atom stereocenters. The Labute approximate surface area is 236 Å². The number of para-hydroxylation sites is 1. The fourth-order valence-electron chi connectivity index (χ4n) is 4.29. The van der Waals surface area contributed by atoms with E-state index in [-0.39, 0.29) is 28.1 Å². The quantitative estimate of drug-likeness (QED) is 0.267. The molecule has 9 heteroatoms. The molecule has 0 aliphatic rings. The van der Waals surface area contributed by atoms with E-state index >= 15 is 0 Å². The lowest BCUT2D eigenvalue weighted by molar-refractivity contribution is -0.139. The normalized spacial score (nSPS) is 12.0. The van der Waals surface area contributed by atoms with Crippen LogP contribution >= 0.6 is 11.6 Å². The van der Waals surface area contributed by atoms with Crippen LogP contribution < -0.4 is 9.62 Å². The highest BCUT2D eigenvalue weighted by molar-refractivity contribution is 7.92.